The second-order valence-electron chi connectivity index (χ2n) is 8.90. The predicted molar refractivity (Wildman–Crippen MR) is 107 cm³/mol. The first-order valence-corrected chi connectivity index (χ1v) is 9.69. The molecule has 1 aromatic rings. The molecular formula is C21H32N2O5. The van der Waals surface area contributed by atoms with Crippen molar-refractivity contribution in [2.24, 2.45) is 10.8 Å². The average molecular weight is 392 g/mol. The lowest BCUT2D eigenvalue weighted by Gasteiger charge is -2.46. The molecule has 1 aliphatic carbocycles. The fraction of sp³-hybridized carbons (Fsp3) is 0.619. The molecule has 28 heavy (non-hydrogen) atoms. The number of benzene rings is 1. The van der Waals surface area contributed by atoms with Crippen LogP contribution in [0.15, 0.2) is 30.3 Å². The average Bonchev–Trinajstić information content (AvgIpc) is 2.57. The first-order chi connectivity index (χ1) is 13.1. The topological polar surface area (TPSA) is 96.9 Å². The van der Waals surface area contributed by atoms with Crippen molar-refractivity contribution in [3.63, 3.8) is 0 Å². The molecule has 7 heteroatoms. The maximum absolute atomic E-state index is 12.3. The van der Waals surface area contributed by atoms with Crippen LogP contribution in [0, 0.1) is 10.8 Å². The minimum Gasteiger partial charge on any atom is -0.490 e. The largest absolute Gasteiger partial charge is 0.490 e. The number of hydrogen-bond acceptors (Lipinski definition) is 4. The second-order valence-corrected chi connectivity index (χ2v) is 8.90. The van der Waals surface area contributed by atoms with Gasteiger partial charge in [0.1, 0.15) is 18.5 Å². The van der Waals surface area contributed by atoms with E-state index in [1.807, 2.05) is 30.3 Å². The van der Waals surface area contributed by atoms with E-state index in [1.54, 1.807) is 6.92 Å². The molecule has 3 unspecified atom stereocenters. The van der Waals surface area contributed by atoms with E-state index >= 15 is 0 Å². The Bertz CT molecular complexity index is 664. The number of alkyl carbamates (subject to hydrolysis) is 1. The number of nitrogens with one attached hydrogen (secondary N) is 2. The Morgan fingerprint density at radius 3 is 2.54 bits per heavy atom. The minimum atomic E-state index is -1.03. The van der Waals surface area contributed by atoms with Crippen LogP contribution in [0.1, 0.15) is 47.0 Å². The van der Waals surface area contributed by atoms with Crippen LogP contribution in [0.4, 0.5) is 9.59 Å². The molecule has 7 nitrogen and oxygen atoms in total. The van der Waals surface area contributed by atoms with Crippen molar-refractivity contribution in [2.45, 2.75) is 59.1 Å². The summed E-state index contributed by atoms with van der Waals surface area (Å²) < 4.78 is 11.0. The molecule has 1 fully saturated rings. The number of ether oxygens (including phenoxy) is 2. The highest BCUT2D eigenvalue weighted by atomic mass is 16.6. The number of para-hydroxylation sites is 1. The fourth-order valence-electron chi connectivity index (χ4n) is 4.31. The van der Waals surface area contributed by atoms with Crippen LogP contribution in [0.2, 0.25) is 0 Å². The van der Waals surface area contributed by atoms with E-state index in [2.05, 4.69) is 31.4 Å². The highest BCUT2D eigenvalue weighted by molar-refractivity contribution is 5.68. The molecule has 156 valence electrons. The highest BCUT2D eigenvalue weighted by Crippen LogP contribution is 2.45. The molecule has 0 radical (unpaired) electrons. The first-order valence-electron chi connectivity index (χ1n) is 9.69. The van der Waals surface area contributed by atoms with E-state index in [-0.39, 0.29) is 23.5 Å². The van der Waals surface area contributed by atoms with Crippen molar-refractivity contribution < 1.29 is 24.2 Å². The van der Waals surface area contributed by atoms with Crippen molar-refractivity contribution in [1.29, 1.82) is 0 Å². The van der Waals surface area contributed by atoms with Gasteiger partial charge in [0.2, 0.25) is 0 Å². The van der Waals surface area contributed by atoms with Gasteiger partial charge in [-0.25, -0.2) is 9.59 Å². The van der Waals surface area contributed by atoms with Gasteiger partial charge in [-0.3, -0.25) is 0 Å². The Morgan fingerprint density at radius 2 is 1.89 bits per heavy atom. The normalized spacial score (nSPS) is 24.6. The SMILES string of the molecule is CC(COc1ccccc1)OC(=O)NC1CC(C)(C)CC(C)(CNC(=O)O)C1. The van der Waals surface area contributed by atoms with Gasteiger partial charge in [-0.2, -0.15) is 0 Å². The van der Waals surface area contributed by atoms with Crippen molar-refractivity contribution >= 4 is 12.2 Å². The maximum atomic E-state index is 12.3. The summed E-state index contributed by atoms with van der Waals surface area (Å²) in [6.07, 6.45) is 0.507. The standard InChI is InChI=1S/C21H32N2O5/c1-15(12-27-17-8-6-5-7-9-17)28-19(26)23-16-10-20(2,3)13-21(4,11-16)14-22-18(24)25/h5-9,15-16,22H,10-14H2,1-4H3,(H,23,26)(H,24,25). The van der Waals surface area contributed by atoms with Crippen LogP contribution in [-0.2, 0) is 4.74 Å². The van der Waals surface area contributed by atoms with Gasteiger partial charge in [0.05, 0.1) is 0 Å². The number of rotatable bonds is 7. The van der Waals surface area contributed by atoms with Gasteiger partial charge in [0, 0.05) is 12.6 Å². The quantitative estimate of drug-likeness (QED) is 0.651. The Balaban J connectivity index is 1.84. The van der Waals surface area contributed by atoms with Gasteiger partial charge >= 0.3 is 12.2 Å². The van der Waals surface area contributed by atoms with Gasteiger partial charge in [0.25, 0.3) is 0 Å². The Morgan fingerprint density at radius 1 is 1.21 bits per heavy atom. The fourth-order valence-corrected chi connectivity index (χ4v) is 4.31. The van der Waals surface area contributed by atoms with Crippen molar-refractivity contribution in [1.82, 2.24) is 10.6 Å². The van der Waals surface area contributed by atoms with Gasteiger partial charge in [-0.15, -0.1) is 0 Å². The molecule has 3 atom stereocenters. The third-order valence-electron chi connectivity index (χ3n) is 4.97. The summed E-state index contributed by atoms with van der Waals surface area (Å²) in [5, 5.41) is 14.4. The number of carboxylic acid groups (broad SMARTS) is 1. The Labute approximate surface area is 166 Å². The third-order valence-corrected chi connectivity index (χ3v) is 4.97. The summed E-state index contributed by atoms with van der Waals surface area (Å²) in [5.41, 5.74) is -0.229. The van der Waals surface area contributed by atoms with Crippen molar-refractivity contribution in [2.75, 3.05) is 13.2 Å². The van der Waals surface area contributed by atoms with Gasteiger partial charge in [-0.05, 0) is 49.1 Å². The molecule has 3 N–H and O–H groups in total. The van der Waals surface area contributed by atoms with Crippen molar-refractivity contribution in [3.8, 4) is 5.75 Å². The van der Waals surface area contributed by atoms with Crippen LogP contribution in [0.3, 0.4) is 0 Å². The van der Waals surface area contributed by atoms with Crippen molar-refractivity contribution in [3.05, 3.63) is 30.3 Å². The van der Waals surface area contributed by atoms with E-state index in [4.69, 9.17) is 14.6 Å². The van der Waals surface area contributed by atoms with E-state index in [0.29, 0.717) is 13.0 Å². The predicted octanol–water partition coefficient (Wildman–Crippen LogP) is 4.03. The molecule has 0 aliphatic heterocycles. The van der Waals surface area contributed by atoms with Crippen LogP contribution in [0.25, 0.3) is 0 Å². The molecule has 1 saturated carbocycles. The number of hydrogen-bond donors (Lipinski definition) is 3. The van der Waals surface area contributed by atoms with E-state index in [1.165, 1.54) is 0 Å². The zero-order valence-electron chi connectivity index (χ0n) is 17.2. The molecule has 0 aromatic heterocycles. The summed E-state index contributed by atoms with van der Waals surface area (Å²) in [5.74, 6) is 0.731. The molecule has 2 rings (SSSR count). The Hall–Kier alpha value is -2.44. The van der Waals surface area contributed by atoms with Crippen LogP contribution in [0.5, 0.6) is 5.75 Å². The van der Waals surface area contributed by atoms with Crippen LogP contribution in [-0.4, -0.2) is 42.6 Å². The molecule has 1 aliphatic rings. The van der Waals surface area contributed by atoms with Gasteiger partial charge in [-0.1, -0.05) is 39.0 Å². The summed E-state index contributed by atoms with van der Waals surface area (Å²) in [4.78, 5) is 23.2. The molecule has 2 amide bonds. The first kappa shape index (κ1) is 21.9. The van der Waals surface area contributed by atoms with E-state index in [0.717, 1.165) is 18.6 Å². The van der Waals surface area contributed by atoms with E-state index < -0.39 is 18.3 Å². The maximum Gasteiger partial charge on any atom is 0.407 e. The van der Waals surface area contributed by atoms with Gasteiger partial charge in [0.15, 0.2) is 0 Å². The molecule has 0 saturated heterocycles. The number of carbonyl (C=O) groups excluding carboxylic acids is 1. The van der Waals surface area contributed by atoms with Crippen LogP contribution < -0.4 is 15.4 Å². The van der Waals surface area contributed by atoms with Crippen LogP contribution >= 0.6 is 0 Å². The lowest BCUT2D eigenvalue weighted by molar-refractivity contribution is 0.0489. The van der Waals surface area contributed by atoms with Gasteiger partial charge < -0.3 is 25.2 Å². The molecule has 0 heterocycles. The summed E-state index contributed by atoms with van der Waals surface area (Å²) in [7, 11) is 0. The third kappa shape index (κ3) is 7.29. The smallest absolute Gasteiger partial charge is 0.407 e. The Kier molecular flexibility index (Phi) is 7.16. The molecule has 1 aromatic carbocycles. The summed E-state index contributed by atoms with van der Waals surface area (Å²) >= 11 is 0. The number of amides is 2. The molecular weight excluding hydrogens is 360 g/mol. The second kappa shape index (κ2) is 9.17. The molecule has 0 spiro atoms. The highest BCUT2D eigenvalue weighted by Gasteiger charge is 2.42. The zero-order valence-corrected chi connectivity index (χ0v) is 17.2. The monoisotopic (exact) mass is 392 g/mol. The minimum absolute atomic E-state index is 0.00678. The lowest BCUT2D eigenvalue weighted by Crippen LogP contribution is -2.50. The summed E-state index contributed by atoms with van der Waals surface area (Å²) in [6, 6.07) is 9.31. The number of carbonyl (C=O) groups is 2. The summed E-state index contributed by atoms with van der Waals surface area (Å²) in [6.45, 7) is 8.76. The van der Waals surface area contributed by atoms with E-state index in [9.17, 15) is 9.59 Å². The lowest BCUT2D eigenvalue weighted by atomic mass is 9.62. The molecule has 0 bridgehead atoms. The zero-order chi connectivity index (χ0) is 20.8.